The number of piperidine rings is 1. The predicted octanol–water partition coefficient (Wildman–Crippen LogP) is 5.03. The number of alkyl halides is 3. The van der Waals surface area contributed by atoms with Crippen LogP contribution >= 0.6 is 23.2 Å². The molecule has 1 aliphatic rings. The molecule has 1 aromatic heterocycles. The average Bonchev–Trinajstić information content (AvgIpc) is 3.14. The van der Waals surface area contributed by atoms with Gasteiger partial charge in [0.05, 0.1) is 34.4 Å². The summed E-state index contributed by atoms with van der Waals surface area (Å²) in [7, 11) is 0. The summed E-state index contributed by atoms with van der Waals surface area (Å²) >= 11 is 12.0. The van der Waals surface area contributed by atoms with Crippen molar-refractivity contribution in [2.45, 2.75) is 25.1 Å². The molecule has 0 aliphatic carbocycles. The largest absolute Gasteiger partial charge is 0.416 e. The lowest BCUT2D eigenvalue weighted by Crippen LogP contribution is -2.39. The Kier molecular flexibility index (Phi) is 6.09. The molecule has 0 radical (unpaired) electrons. The first kappa shape index (κ1) is 21.9. The Morgan fingerprint density at radius 3 is 2.58 bits per heavy atom. The highest BCUT2D eigenvalue weighted by Gasteiger charge is 2.31. The highest BCUT2D eigenvalue weighted by atomic mass is 35.5. The van der Waals surface area contributed by atoms with Crippen LogP contribution in [0.4, 0.5) is 18.9 Å². The van der Waals surface area contributed by atoms with Gasteiger partial charge < -0.3 is 5.32 Å². The number of hydrogen-bond acceptors (Lipinski definition) is 4. The number of fused-ring (bicyclic) bond motifs is 1. The lowest BCUT2D eigenvalue weighted by atomic mass is 10.0. The monoisotopic (exact) mass is 471 g/mol. The van der Waals surface area contributed by atoms with Gasteiger partial charge in [0.2, 0.25) is 5.91 Å². The first-order chi connectivity index (χ1) is 14.7. The van der Waals surface area contributed by atoms with E-state index in [1.807, 2.05) is 4.90 Å². The van der Waals surface area contributed by atoms with Crippen molar-refractivity contribution in [3.8, 4) is 0 Å². The van der Waals surface area contributed by atoms with Gasteiger partial charge in [-0.15, -0.1) is 5.10 Å². The second-order valence-corrected chi connectivity index (χ2v) is 8.26. The number of carbonyl (C=O) groups excluding carboxylic acids is 1. The molecule has 31 heavy (non-hydrogen) atoms. The number of nitrogens with one attached hydrogen (secondary N) is 1. The zero-order valence-electron chi connectivity index (χ0n) is 16.2. The van der Waals surface area contributed by atoms with Gasteiger partial charge in [-0.05, 0) is 49.2 Å². The molecule has 0 atom stereocenters. The van der Waals surface area contributed by atoms with Gasteiger partial charge in [0, 0.05) is 18.1 Å². The van der Waals surface area contributed by atoms with E-state index in [0.29, 0.717) is 47.2 Å². The lowest BCUT2D eigenvalue weighted by Gasteiger charge is -2.31. The van der Waals surface area contributed by atoms with Crippen molar-refractivity contribution >= 4 is 45.8 Å². The molecule has 2 heterocycles. The summed E-state index contributed by atoms with van der Waals surface area (Å²) in [5.41, 5.74) is 0.504. The molecule has 164 valence electrons. The highest BCUT2D eigenvalue weighted by molar-refractivity contribution is 6.35. The fourth-order valence-corrected chi connectivity index (χ4v) is 4.03. The summed E-state index contributed by atoms with van der Waals surface area (Å²) in [6.45, 7) is 1.48. The molecule has 0 spiro atoms. The summed E-state index contributed by atoms with van der Waals surface area (Å²) in [5, 5.41) is 11.6. The molecule has 2 aromatic carbocycles. The number of hydrogen-bond donors (Lipinski definition) is 1. The molecule has 0 bridgehead atoms. The standard InChI is InChI=1S/C20H18Cl2F3N5O/c21-13-2-3-15(22)16(10-13)26-19(31)11-29-7-5-14(6-8-29)30-18-4-1-12(20(23,24)25)9-17(18)27-28-30/h1-4,9-10,14H,5-8,11H2,(H,26,31). The fourth-order valence-electron chi connectivity index (χ4n) is 3.70. The third-order valence-electron chi connectivity index (χ3n) is 5.27. The van der Waals surface area contributed by atoms with Crippen LogP contribution < -0.4 is 5.32 Å². The zero-order chi connectivity index (χ0) is 22.2. The van der Waals surface area contributed by atoms with Crippen LogP contribution in [0.3, 0.4) is 0 Å². The van der Waals surface area contributed by atoms with E-state index < -0.39 is 11.7 Å². The Morgan fingerprint density at radius 2 is 1.87 bits per heavy atom. The van der Waals surface area contributed by atoms with Gasteiger partial charge in [0.15, 0.2) is 0 Å². The molecule has 6 nitrogen and oxygen atoms in total. The average molecular weight is 472 g/mol. The van der Waals surface area contributed by atoms with Crippen LogP contribution in [0, 0.1) is 0 Å². The second-order valence-electron chi connectivity index (χ2n) is 7.41. The number of carbonyl (C=O) groups is 1. The van der Waals surface area contributed by atoms with Crippen molar-refractivity contribution in [2.75, 3.05) is 25.0 Å². The fraction of sp³-hybridized carbons (Fsp3) is 0.350. The summed E-state index contributed by atoms with van der Waals surface area (Å²) in [6, 6.07) is 8.32. The second kappa shape index (κ2) is 8.64. The number of amides is 1. The van der Waals surface area contributed by atoms with Gasteiger partial charge in [-0.25, -0.2) is 4.68 Å². The van der Waals surface area contributed by atoms with Crippen LogP contribution in [0.1, 0.15) is 24.4 Å². The normalized spacial score (nSPS) is 16.0. The van der Waals surface area contributed by atoms with Crippen LogP contribution in [0.25, 0.3) is 11.0 Å². The third-order valence-corrected chi connectivity index (χ3v) is 5.84. The van der Waals surface area contributed by atoms with Crippen molar-refractivity contribution in [2.24, 2.45) is 0 Å². The van der Waals surface area contributed by atoms with Gasteiger partial charge in [0.1, 0.15) is 5.52 Å². The number of likely N-dealkylation sites (tertiary alicyclic amines) is 1. The summed E-state index contributed by atoms with van der Waals surface area (Å²) in [4.78, 5) is 14.4. The van der Waals surface area contributed by atoms with Crippen molar-refractivity contribution in [1.82, 2.24) is 19.9 Å². The Balaban J connectivity index is 1.36. The van der Waals surface area contributed by atoms with Crippen LogP contribution in [0.2, 0.25) is 10.0 Å². The van der Waals surface area contributed by atoms with Crippen LogP contribution in [0.15, 0.2) is 36.4 Å². The minimum absolute atomic E-state index is 0.00317. The van der Waals surface area contributed by atoms with Crippen molar-refractivity contribution in [3.05, 3.63) is 52.0 Å². The molecule has 0 saturated carbocycles. The number of nitrogens with zero attached hydrogens (tertiary/aromatic N) is 4. The van der Waals surface area contributed by atoms with Crippen LogP contribution in [0.5, 0.6) is 0 Å². The molecule has 4 rings (SSSR count). The zero-order valence-corrected chi connectivity index (χ0v) is 17.7. The molecule has 11 heteroatoms. The van der Waals surface area contributed by atoms with E-state index in [1.165, 1.54) is 6.07 Å². The quantitative estimate of drug-likeness (QED) is 0.579. The molecule has 1 N–H and O–H groups in total. The molecule has 1 fully saturated rings. The number of benzene rings is 2. The van der Waals surface area contributed by atoms with Gasteiger partial charge in [-0.3, -0.25) is 9.69 Å². The maximum absolute atomic E-state index is 12.9. The molecule has 3 aromatic rings. The Hall–Kier alpha value is -2.36. The molecular formula is C20H18Cl2F3N5O. The molecular weight excluding hydrogens is 454 g/mol. The number of aromatic nitrogens is 3. The van der Waals surface area contributed by atoms with Gasteiger partial charge in [-0.2, -0.15) is 13.2 Å². The predicted molar refractivity (Wildman–Crippen MR) is 112 cm³/mol. The molecule has 1 amide bonds. The van der Waals surface area contributed by atoms with Gasteiger partial charge in [0.25, 0.3) is 0 Å². The van der Waals surface area contributed by atoms with Crippen molar-refractivity contribution < 1.29 is 18.0 Å². The van der Waals surface area contributed by atoms with E-state index in [0.717, 1.165) is 12.1 Å². The van der Waals surface area contributed by atoms with Crippen molar-refractivity contribution in [1.29, 1.82) is 0 Å². The number of rotatable bonds is 4. The number of halogens is 5. The van der Waals surface area contributed by atoms with Crippen LogP contribution in [-0.2, 0) is 11.0 Å². The third kappa shape index (κ3) is 4.94. The van der Waals surface area contributed by atoms with E-state index in [-0.39, 0.29) is 24.0 Å². The molecule has 1 saturated heterocycles. The Morgan fingerprint density at radius 1 is 1.13 bits per heavy atom. The smallest absolute Gasteiger partial charge is 0.324 e. The Bertz CT molecular complexity index is 1110. The highest BCUT2D eigenvalue weighted by Crippen LogP contribution is 2.32. The van der Waals surface area contributed by atoms with Gasteiger partial charge in [-0.1, -0.05) is 28.4 Å². The van der Waals surface area contributed by atoms with E-state index in [2.05, 4.69) is 15.6 Å². The minimum Gasteiger partial charge on any atom is -0.324 e. The van der Waals surface area contributed by atoms with E-state index in [1.54, 1.807) is 22.9 Å². The minimum atomic E-state index is -4.42. The van der Waals surface area contributed by atoms with E-state index in [4.69, 9.17) is 23.2 Å². The topological polar surface area (TPSA) is 63.1 Å². The lowest BCUT2D eigenvalue weighted by molar-refractivity contribution is -0.137. The van der Waals surface area contributed by atoms with Gasteiger partial charge >= 0.3 is 6.18 Å². The van der Waals surface area contributed by atoms with Crippen LogP contribution in [-0.4, -0.2) is 45.4 Å². The first-order valence-corrected chi connectivity index (χ1v) is 10.4. The Labute approximate surface area is 185 Å². The van der Waals surface area contributed by atoms with E-state index >= 15 is 0 Å². The summed E-state index contributed by atoms with van der Waals surface area (Å²) in [5.74, 6) is -0.200. The summed E-state index contributed by atoms with van der Waals surface area (Å²) < 4.78 is 40.4. The summed E-state index contributed by atoms with van der Waals surface area (Å²) in [6.07, 6.45) is -3.02. The SMILES string of the molecule is O=C(CN1CCC(n2nnc3cc(C(F)(F)F)ccc32)CC1)Nc1cc(Cl)ccc1Cl. The number of anilines is 1. The first-order valence-electron chi connectivity index (χ1n) is 9.60. The maximum Gasteiger partial charge on any atom is 0.416 e. The molecule has 0 unspecified atom stereocenters. The maximum atomic E-state index is 12.9. The molecule has 1 aliphatic heterocycles. The van der Waals surface area contributed by atoms with E-state index in [9.17, 15) is 18.0 Å². The van der Waals surface area contributed by atoms with Crippen molar-refractivity contribution in [3.63, 3.8) is 0 Å².